The van der Waals surface area contributed by atoms with Crippen LogP contribution in [0.1, 0.15) is 57.7 Å². The van der Waals surface area contributed by atoms with Gasteiger partial charge in [0, 0.05) is 23.0 Å². The zero-order valence-electron chi connectivity index (χ0n) is 19.0. The number of ketones is 1. The van der Waals surface area contributed by atoms with Crippen LogP contribution < -0.4 is 0 Å². The highest BCUT2D eigenvalue weighted by Gasteiger charge is 2.23. The fourth-order valence-corrected chi connectivity index (χ4v) is 4.80. The highest BCUT2D eigenvalue weighted by Crippen LogP contribution is 2.23. The summed E-state index contributed by atoms with van der Waals surface area (Å²) in [5, 5.41) is 13.3. The molecule has 0 spiro atoms. The molecule has 0 unspecified atom stereocenters. The third-order valence-electron chi connectivity index (χ3n) is 5.22. The molecule has 0 aliphatic carbocycles. The summed E-state index contributed by atoms with van der Waals surface area (Å²) < 4.78 is 5.70. The number of thiazole rings is 1. The molecule has 2 heterocycles. The Labute approximate surface area is 193 Å². The van der Waals surface area contributed by atoms with Crippen LogP contribution >= 0.6 is 23.1 Å². The van der Waals surface area contributed by atoms with Crippen LogP contribution in [-0.2, 0) is 14.3 Å². The molecule has 2 rings (SSSR count). The molecule has 0 fully saturated rings. The van der Waals surface area contributed by atoms with Crippen molar-refractivity contribution in [2.75, 3.05) is 5.75 Å². The van der Waals surface area contributed by atoms with Gasteiger partial charge >= 0.3 is 5.97 Å². The minimum Gasteiger partial charge on any atom is -0.457 e. The van der Waals surface area contributed by atoms with Crippen molar-refractivity contribution in [2.24, 2.45) is 5.92 Å². The van der Waals surface area contributed by atoms with E-state index in [1.807, 2.05) is 52.2 Å². The van der Waals surface area contributed by atoms with Crippen LogP contribution in [-0.4, -0.2) is 45.1 Å². The molecule has 4 atom stereocenters. The van der Waals surface area contributed by atoms with Crippen molar-refractivity contribution in [3.63, 3.8) is 0 Å². The van der Waals surface area contributed by atoms with Gasteiger partial charge in [-0.1, -0.05) is 37.6 Å². The summed E-state index contributed by atoms with van der Waals surface area (Å²) in [5.41, 5.74) is 2.90. The van der Waals surface area contributed by atoms with E-state index in [1.165, 1.54) is 11.8 Å². The summed E-state index contributed by atoms with van der Waals surface area (Å²) in [7, 11) is 0. The number of ether oxygens (including phenoxy) is 1. The molecule has 1 aliphatic rings. The number of carbonyl (C=O) groups excluding carboxylic acids is 2. The molecule has 0 saturated carbocycles. The monoisotopic (exact) mass is 463 g/mol. The standard InChI is InChI=1S/C24H33NO4S2/c1-15-7-6-8-16(2)24(28)18(4)30-14-21(26)12-23(27)29-22(10-9-15)17(3)11-20-13-31-19(5)25-20/h6,8-9,11,13,16,18,22,24,28H,7,10,12,14H2,1-5H3/b8-6-,15-9-,17-11+/t16-,18+,22-,24-/m0/s1. The molecule has 5 nitrogen and oxygen atoms in total. The number of hydrogen-bond donors (Lipinski definition) is 1. The number of aliphatic hydroxyl groups excluding tert-OH is 1. The lowest BCUT2D eigenvalue weighted by atomic mass is 10.00. The van der Waals surface area contributed by atoms with Crippen LogP contribution in [0, 0.1) is 12.8 Å². The zero-order chi connectivity index (χ0) is 23.0. The van der Waals surface area contributed by atoms with Crippen molar-refractivity contribution in [1.29, 1.82) is 0 Å². The summed E-state index contributed by atoms with van der Waals surface area (Å²) in [6.07, 6.45) is 8.15. The molecule has 170 valence electrons. The number of hydrogen-bond acceptors (Lipinski definition) is 7. The molecule has 0 bridgehead atoms. The predicted molar refractivity (Wildman–Crippen MR) is 129 cm³/mol. The molecule has 1 aromatic heterocycles. The molecule has 1 aliphatic heterocycles. The van der Waals surface area contributed by atoms with Crippen LogP contribution in [0.5, 0.6) is 0 Å². The Morgan fingerprint density at radius 2 is 2.03 bits per heavy atom. The summed E-state index contributed by atoms with van der Waals surface area (Å²) in [6.45, 7) is 9.80. The average molecular weight is 464 g/mol. The van der Waals surface area contributed by atoms with Crippen molar-refractivity contribution in [1.82, 2.24) is 4.98 Å². The van der Waals surface area contributed by atoms with Crippen molar-refractivity contribution >= 4 is 40.9 Å². The van der Waals surface area contributed by atoms with E-state index in [0.717, 1.165) is 28.3 Å². The quantitative estimate of drug-likeness (QED) is 0.372. The van der Waals surface area contributed by atoms with Gasteiger partial charge in [-0.3, -0.25) is 9.59 Å². The molecule has 1 aromatic rings. The van der Waals surface area contributed by atoms with E-state index >= 15 is 0 Å². The first-order valence-electron chi connectivity index (χ1n) is 10.6. The third kappa shape index (κ3) is 8.75. The Hall–Kier alpha value is -1.70. The van der Waals surface area contributed by atoms with Crippen LogP contribution in [0.3, 0.4) is 0 Å². The summed E-state index contributed by atoms with van der Waals surface area (Å²) in [6, 6.07) is 0. The van der Waals surface area contributed by atoms with E-state index < -0.39 is 18.2 Å². The van der Waals surface area contributed by atoms with Gasteiger partial charge in [-0.25, -0.2) is 4.98 Å². The first-order chi connectivity index (χ1) is 14.7. The first kappa shape index (κ1) is 25.6. The normalized spacial score (nSPS) is 30.4. The Morgan fingerprint density at radius 3 is 2.71 bits per heavy atom. The number of rotatable bonds is 2. The Morgan fingerprint density at radius 1 is 1.29 bits per heavy atom. The lowest BCUT2D eigenvalue weighted by Gasteiger charge is -2.22. The lowest BCUT2D eigenvalue weighted by molar-refractivity contribution is -0.148. The maximum Gasteiger partial charge on any atom is 0.313 e. The third-order valence-corrected chi connectivity index (χ3v) is 7.31. The van der Waals surface area contributed by atoms with Crippen molar-refractivity contribution in [3.05, 3.63) is 45.5 Å². The smallest absolute Gasteiger partial charge is 0.313 e. The molecule has 0 aromatic carbocycles. The predicted octanol–water partition coefficient (Wildman–Crippen LogP) is 5.14. The number of thioether (sulfide) groups is 1. The van der Waals surface area contributed by atoms with E-state index in [9.17, 15) is 14.7 Å². The molecule has 0 saturated heterocycles. The van der Waals surface area contributed by atoms with Gasteiger partial charge in [0.05, 0.1) is 22.6 Å². The molecular weight excluding hydrogens is 430 g/mol. The highest BCUT2D eigenvalue weighted by atomic mass is 32.2. The maximum atomic E-state index is 12.5. The number of aliphatic hydroxyl groups is 1. The second-order valence-corrected chi connectivity index (χ2v) is 10.6. The largest absolute Gasteiger partial charge is 0.457 e. The second-order valence-electron chi connectivity index (χ2n) is 8.16. The van der Waals surface area contributed by atoms with E-state index in [4.69, 9.17) is 4.74 Å². The van der Waals surface area contributed by atoms with Gasteiger partial charge in [0.1, 0.15) is 12.5 Å². The van der Waals surface area contributed by atoms with Crippen molar-refractivity contribution in [2.45, 2.75) is 71.3 Å². The number of nitrogens with zero attached hydrogens (tertiary/aromatic N) is 1. The van der Waals surface area contributed by atoms with Crippen LogP contribution in [0.15, 0.2) is 34.8 Å². The second kappa shape index (κ2) is 12.4. The Kier molecular flexibility index (Phi) is 10.2. The molecule has 7 heteroatoms. The van der Waals surface area contributed by atoms with E-state index in [1.54, 1.807) is 11.3 Å². The molecule has 0 amide bonds. The minimum atomic E-state index is -0.551. The molecule has 1 N–H and O–H groups in total. The summed E-state index contributed by atoms with van der Waals surface area (Å²) in [5.74, 6) is -0.535. The van der Waals surface area contributed by atoms with Gasteiger partial charge in [0.25, 0.3) is 0 Å². The molecule has 0 radical (unpaired) electrons. The summed E-state index contributed by atoms with van der Waals surface area (Å²) >= 11 is 2.95. The topological polar surface area (TPSA) is 76.5 Å². The molecule has 31 heavy (non-hydrogen) atoms. The van der Waals surface area contributed by atoms with Crippen LogP contribution in [0.25, 0.3) is 6.08 Å². The van der Waals surface area contributed by atoms with Crippen LogP contribution in [0.4, 0.5) is 0 Å². The Balaban J connectivity index is 2.23. The van der Waals surface area contributed by atoms with Gasteiger partial charge in [-0.05, 0) is 38.8 Å². The van der Waals surface area contributed by atoms with E-state index in [-0.39, 0.29) is 29.1 Å². The number of esters is 1. The zero-order valence-corrected chi connectivity index (χ0v) is 20.6. The fourth-order valence-electron chi connectivity index (χ4n) is 3.24. The van der Waals surface area contributed by atoms with Gasteiger partial charge in [-0.15, -0.1) is 23.1 Å². The van der Waals surface area contributed by atoms with Crippen LogP contribution in [0.2, 0.25) is 0 Å². The molecular formula is C24H33NO4S2. The number of cyclic esters (lactones) is 1. The lowest BCUT2D eigenvalue weighted by Crippen LogP contribution is -2.28. The number of carbonyl (C=O) groups is 2. The van der Waals surface area contributed by atoms with Gasteiger partial charge in [-0.2, -0.15) is 0 Å². The van der Waals surface area contributed by atoms with E-state index in [0.29, 0.717) is 6.42 Å². The van der Waals surface area contributed by atoms with Crippen molar-refractivity contribution in [3.8, 4) is 0 Å². The first-order valence-corrected chi connectivity index (χ1v) is 12.5. The fraction of sp³-hybridized carbons (Fsp3) is 0.542. The van der Waals surface area contributed by atoms with Gasteiger partial charge < -0.3 is 9.84 Å². The number of Topliss-reactive ketones (excluding diaryl/α,β-unsaturated/α-hetero) is 1. The summed E-state index contributed by atoms with van der Waals surface area (Å²) in [4.78, 5) is 29.2. The van der Waals surface area contributed by atoms with Gasteiger partial charge in [0.2, 0.25) is 0 Å². The highest BCUT2D eigenvalue weighted by molar-refractivity contribution is 8.00. The van der Waals surface area contributed by atoms with Crippen molar-refractivity contribution < 1.29 is 19.4 Å². The average Bonchev–Trinajstić information content (AvgIpc) is 3.12. The number of aromatic nitrogens is 1. The SMILES string of the molecule is C/C1=C/C[C@@H](/C(C)=C/c2csc(C)n2)OC(=O)CC(=O)CS[C@H](C)[C@@H](O)[C@@H](C)/C=C\C1. The number of aryl methyl sites for hydroxylation is 1. The Bertz CT molecular complexity index is 856. The maximum absolute atomic E-state index is 12.5. The van der Waals surface area contributed by atoms with Gasteiger partial charge in [0.15, 0.2) is 5.78 Å². The van der Waals surface area contributed by atoms with E-state index in [2.05, 4.69) is 17.1 Å². The number of allylic oxidation sites excluding steroid dienone is 2. The minimum absolute atomic E-state index is 0.0113.